The van der Waals surface area contributed by atoms with Crippen molar-refractivity contribution in [2.24, 2.45) is 60.3 Å². The van der Waals surface area contributed by atoms with Gasteiger partial charge in [0.1, 0.15) is 6.04 Å². The lowest BCUT2D eigenvalue weighted by atomic mass is 9.55. The number of methoxy groups -OCH3 is 7. The first-order valence-electron chi connectivity index (χ1n) is 46.0. The highest BCUT2D eigenvalue weighted by Crippen LogP contribution is 2.63. The molecule has 0 aromatic rings. The quantitative estimate of drug-likeness (QED) is 0.0190. The SMILES string of the molecule is CCCCCCCCCCCCCCCCN(CCCCCCCCCCCCCCCC)C(=O)[C@H](CC(=O)N/C1=C2/NC(=C(C)C3=N[C@@](C)([C@@H]4N=C(/C(C)=C5N=C1C(C)(C)[C@@H]\5CCC(=O)OC)[C@](C)(CCC(=O)OC)[C@H]4CC(=O)OC)[C@@](C)(CC(=O)OC)[C@@H]3CCC(=O)OC)[C@@](C)(CC(=O)OC)[C@@H]2CCC(=O)OC)NC(=O)CCCCCS(=O)(=O)O. The Balaban J connectivity index is 1.88. The minimum Gasteiger partial charge on any atom is -0.469 e. The summed E-state index contributed by atoms with van der Waals surface area (Å²) in [6.07, 6.45) is 29.9. The summed E-state index contributed by atoms with van der Waals surface area (Å²) in [4.78, 5) is 165. The third-order valence-electron chi connectivity index (χ3n) is 27.4. The Kier molecular flexibility index (Phi) is 44.8. The van der Waals surface area contributed by atoms with Crippen molar-refractivity contribution in [3.63, 3.8) is 0 Å². The number of amides is 3. The van der Waals surface area contributed by atoms with Gasteiger partial charge >= 0.3 is 41.8 Å². The van der Waals surface area contributed by atoms with E-state index in [1.807, 2.05) is 48.5 Å². The Morgan fingerprint density at radius 1 is 0.484 bits per heavy atom. The fourth-order valence-electron chi connectivity index (χ4n) is 19.8. The molecular formula is C94H155N7O20S. The molecule has 5 aliphatic rings. The number of carbonyl (C=O) groups is 10. The number of carbonyl (C=O) groups excluding carboxylic acids is 10. The minimum atomic E-state index is -4.29. The van der Waals surface area contributed by atoms with Gasteiger partial charge in [-0.2, -0.15) is 8.42 Å². The first-order chi connectivity index (χ1) is 58.0. The van der Waals surface area contributed by atoms with E-state index in [-0.39, 0.29) is 113 Å². The Labute approximate surface area is 730 Å². The van der Waals surface area contributed by atoms with E-state index in [0.29, 0.717) is 59.9 Å². The zero-order valence-corrected chi connectivity index (χ0v) is 78.4. The lowest BCUT2D eigenvalue weighted by Gasteiger charge is -2.48. The number of fused-ring (bicyclic) bond motifs is 6. The van der Waals surface area contributed by atoms with Crippen LogP contribution in [0.5, 0.6) is 0 Å². The van der Waals surface area contributed by atoms with Gasteiger partial charge in [0.15, 0.2) is 0 Å². The van der Waals surface area contributed by atoms with Gasteiger partial charge < -0.3 is 54.0 Å². The number of aliphatic imine (C=N–C) groups is 3. The van der Waals surface area contributed by atoms with Gasteiger partial charge in [-0.25, -0.2) is 0 Å². The van der Waals surface area contributed by atoms with Gasteiger partial charge in [0.25, 0.3) is 10.1 Å². The summed E-state index contributed by atoms with van der Waals surface area (Å²) in [5.74, 6) is -10.0. The second-order valence-corrected chi connectivity index (χ2v) is 38.0. The molecule has 8 bridgehead atoms. The second-order valence-electron chi connectivity index (χ2n) is 36.4. The molecule has 27 nitrogen and oxygen atoms in total. The van der Waals surface area contributed by atoms with E-state index in [1.165, 1.54) is 153 Å². The molecule has 0 radical (unpaired) electrons. The predicted octanol–water partition coefficient (Wildman–Crippen LogP) is 17.1. The van der Waals surface area contributed by atoms with Crippen molar-refractivity contribution in [3.05, 3.63) is 33.9 Å². The third kappa shape index (κ3) is 29.9. The number of allylic oxidation sites excluding steroid dienone is 6. The maximum Gasteiger partial charge on any atom is 0.306 e. The molecule has 3 amide bonds. The van der Waals surface area contributed by atoms with Crippen molar-refractivity contribution >= 4 is 86.8 Å². The number of rotatable bonds is 59. The molecule has 5 rings (SSSR count). The number of ether oxygens (including phenoxy) is 7. The number of unbranched alkanes of at least 4 members (excludes halogenated alkanes) is 28. The molecule has 122 heavy (non-hydrogen) atoms. The summed E-state index contributed by atoms with van der Waals surface area (Å²) >= 11 is 0. The van der Waals surface area contributed by atoms with E-state index in [4.69, 9.17) is 48.1 Å². The topological polar surface area (TPSA) is 366 Å². The smallest absolute Gasteiger partial charge is 0.306 e. The maximum absolute atomic E-state index is 16.4. The van der Waals surface area contributed by atoms with E-state index in [9.17, 15) is 51.3 Å². The summed E-state index contributed by atoms with van der Waals surface area (Å²) < 4.78 is 71.2. The summed E-state index contributed by atoms with van der Waals surface area (Å²) in [6.45, 7) is 20.1. The highest BCUT2D eigenvalue weighted by atomic mass is 32.2. The first kappa shape index (κ1) is 105. The highest BCUT2D eigenvalue weighted by molar-refractivity contribution is 7.85. The molecule has 1 fully saturated rings. The van der Waals surface area contributed by atoms with Gasteiger partial charge in [0.2, 0.25) is 17.7 Å². The minimum absolute atomic E-state index is 0.0178. The third-order valence-corrected chi connectivity index (χ3v) is 28.2. The van der Waals surface area contributed by atoms with Crippen LogP contribution in [0.1, 0.15) is 352 Å². The number of hydrogen-bond acceptors (Lipinski definition) is 23. The maximum atomic E-state index is 16.4. The van der Waals surface area contributed by atoms with Crippen LogP contribution in [0, 0.1) is 45.3 Å². The van der Waals surface area contributed by atoms with Crippen molar-refractivity contribution in [2.45, 2.75) is 369 Å². The average molecular weight is 1740 g/mol. The van der Waals surface area contributed by atoms with Crippen LogP contribution in [0.2, 0.25) is 0 Å². The molecule has 692 valence electrons. The Morgan fingerprint density at radius 3 is 1.37 bits per heavy atom. The number of nitrogens with zero attached hydrogens (tertiary/aromatic N) is 4. The predicted molar refractivity (Wildman–Crippen MR) is 474 cm³/mol. The summed E-state index contributed by atoms with van der Waals surface area (Å²) in [6, 6.07) is -2.55. The standard InChI is InChI=1S/C94H155N7O20S/c1-18-20-22-24-26-28-30-32-34-36-38-40-42-46-58-101(59-47-43-41-39-37-35-33-31-29-27-25-23-21-19-2)89(111)71(95-72(102)49-45-44-48-60-122(112,113)114)62-73(103)96-84-83-68(51-54-75(105)116-12)92(8,63-79(109)120-16)86(98-83)66(4)82-69(52-55-76(106)117-13)93(9,64-80(110)121-17)94(10,100-82)87-70(61-78(108)119-15)91(7,57-56-77(107)118-14)85(99-87)65(3)81-67(50-53-74(104)115-11)90(5,6)88(84)97-81/h67-71,87,98H,18-64H2,1-17H3,(H,95,102)(H,96,103)(H,112,113,114)/b81-65-,84-83+,86-66?/t67-,68-,69-,70+,71+,87-,91-,92+,93+,94+/m1/s1. The second kappa shape index (κ2) is 51.9. The van der Waals surface area contributed by atoms with E-state index in [2.05, 4.69) is 29.8 Å². The van der Waals surface area contributed by atoms with Gasteiger partial charge in [-0.15, -0.1) is 0 Å². The highest BCUT2D eigenvalue weighted by Gasteiger charge is 2.67. The Morgan fingerprint density at radius 2 is 0.910 bits per heavy atom. The van der Waals surface area contributed by atoms with Gasteiger partial charge in [-0.3, -0.25) is 67.5 Å². The Bertz CT molecular complexity index is 3770. The van der Waals surface area contributed by atoms with Crippen LogP contribution in [0.3, 0.4) is 0 Å². The van der Waals surface area contributed by atoms with Gasteiger partial charge in [-0.05, 0) is 83.3 Å². The van der Waals surface area contributed by atoms with Gasteiger partial charge in [0.05, 0.1) is 104 Å². The fourth-order valence-corrected chi connectivity index (χ4v) is 20.3. The molecule has 0 spiro atoms. The normalized spacial score (nSPS) is 24.2. The van der Waals surface area contributed by atoms with Crippen molar-refractivity contribution in [1.82, 2.24) is 20.9 Å². The van der Waals surface area contributed by atoms with Crippen LogP contribution in [0.15, 0.2) is 48.9 Å². The number of nitrogens with one attached hydrogen (secondary N) is 3. The summed E-state index contributed by atoms with van der Waals surface area (Å²) in [5, 5.41) is 10.1. The first-order valence-corrected chi connectivity index (χ1v) is 47.6. The van der Waals surface area contributed by atoms with Crippen molar-refractivity contribution in [2.75, 3.05) is 68.6 Å². The number of hydrogen-bond donors (Lipinski definition) is 4. The van der Waals surface area contributed by atoms with E-state index in [1.54, 1.807) is 11.8 Å². The zero-order valence-electron chi connectivity index (χ0n) is 77.6. The van der Waals surface area contributed by atoms with Crippen LogP contribution < -0.4 is 16.0 Å². The monoisotopic (exact) mass is 1730 g/mol. The van der Waals surface area contributed by atoms with Crippen molar-refractivity contribution in [1.29, 1.82) is 0 Å². The zero-order chi connectivity index (χ0) is 90.4. The Hall–Kier alpha value is -7.36. The van der Waals surface area contributed by atoms with E-state index in [0.717, 1.165) is 64.2 Å². The molecule has 10 atom stereocenters. The molecule has 1 saturated heterocycles. The largest absolute Gasteiger partial charge is 0.469 e. The fraction of sp³-hybridized carbons (Fsp3) is 0.798. The van der Waals surface area contributed by atoms with Crippen molar-refractivity contribution in [3.8, 4) is 0 Å². The molecule has 5 aliphatic heterocycles. The summed E-state index contributed by atoms with van der Waals surface area (Å²) in [5.41, 5.74) is -3.99. The van der Waals surface area contributed by atoms with E-state index < -0.39 is 145 Å². The molecule has 4 N–H and O–H groups in total. The van der Waals surface area contributed by atoms with Crippen LogP contribution >= 0.6 is 0 Å². The molecule has 0 unspecified atom stereocenters. The molecule has 0 aromatic heterocycles. The van der Waals surface area contributed by atoms with Gasteiger partial charge in [-0.1, -0.05) is 222 Å². The summed E-state index contributed by atoms with van der Waals surface area (Å²) in [7, 11) is 4.60. The molecule has 28 heteroatoms. The lowest BCUT2D eigenvalue weighted by Crippen LogP contribution is -2.55. The molecule has 0 aliphatic carbocycles. The lowest BCUT2D eigenvalue weighted by molar-refractivity contribution is -0.147. The van der Waals surface area contributed by atoms with Gasteiger partial charge in [0, 0.05) is 119 Å². The van der Waals surface area contributed by atoms with Crippen LogP contribution in [-0.2, 0) is 91.2 Å². The molecule has 0 aromatic carbocycles. The van der Waals surface area contributed by atoms with E-state index >= 15 is 9.59 Å². The molecular weight excluding hydrogens is 1580 g/mol. The molecule has 5 heterocycles. The van der Waals surface area contributed by atoms with Crippen molar-refractivity contribution < 1.29 is 94.1 Å². The average Bonchev–Trinajstić information content (AvgIpc) is 1.52. The van der Waals surface area contributed by atoms with Crippen LogP contribution in [-0.4, -0.2) is 181 Å². The van der Waals surface area contributed by atoms with Crippen LogP contribution in [0.4, 0.5) is 0 Å². The molecule has 0 saturated carbocycles. The van der Waals surface area contributed by atoms with Crippen LogP contribution in [0.25, 0.3) is 0 Å². The number of esters is 7.